The van der Waals surface area contributed by atoms with Crippen molar-refractivity contribution in [1.29, 1.82) is 0 Å². The van der Waals surface area contributed by atoms with Crippen LogP contribution in [0.25, 0.3) is 0 Å². The van der Waals surface area contributed by atoms with Crippen molar-refractivity contribution in [3.63, 3.8) is 0 Å². The number of hydrogen-bond donors (Lipinski definition) is 1. The van der Waals surface area contributed by atoms with E-state index in [1.54, 1.807) is 11.3 Å². The third-order valence-corrected chi connectivity index (χ3v) is 3.04. The summed E-state index contributed by atoms with van der Waals surface area (Å²) in [5.41, 5.74) is 0.938. The molecule has 0 aliphatic heterocycles. The first-order chi connectivity index (χ1) is 7.24. The summed E-state index contributed by atoms with van der Waals surface area (Å²) in [6.07, 6.45) is 0. The molecule has 2 heterocycles. The molecule has 0 radical (unpaired) electrons. The Bertz CT molecular complexity index is 433. The Hall–Kier alpha value is -1.42. The van der Waals surface area contributed by atoms with Gasteiger partial charge in [-0.05, 0) is 38.1 Å². The van der Waals surface area contributed by atoms with Crippen LogP contribution in [0.3, 0.4) is 0 Å². The van der Waals surface area contributed by atoms with Gasteiger partial charge in [-0.25, -0.2) is 0 Å². The maximum absolute atomic E-state index is 4.04. The molecule has 0 fully saturated rings. The Morgan fingerprint density at radius 3 is 2.60 bits per heavy atom. The van der Waals surface area contributed by atoms with Gasteiger partial charge in [-0.1, -0.05) is 0 Å². The second-order valence-electron chi connectivity index (χ2n) is 3.43. The lowest BCUT2D eigenvalue weighted by Crippen LogP contribution is -2.00. The lowest BCUT2D eigenvalue weighted by Gasteiger charge is -2.02. The van der Waals surface area contributed by atoms with E-state index in [9.17, 15) is 0 Å². The van der Waals surface area contributed by atoms with Crippen molar-refractivity contribution < 1.29 is 0 Å². The number of nitrogens with one attached hydrogen (secondary N) is 1. The van der Waals surface area contributed by atoms with E-state index in [0.29, 0.717) is 0 Å². The van der Waals surface area contributed by atoms with Crippen LogP contribution in [0.4, 0.5) is 5.82 Å². The zero-order valence-corrected chi connectivity index (χ0v) is 9.64. The molecule has 0 saturated carbocycles. The fraction of sp³-hybridized carbons (Fsp3) is 0.273. The van der Waals surface area contributed by atoms with Crippen LogP contribution in [-0.2, 0) is 6.54 Å². The number of thiophene rings is 1. The molecular weight excluding hydrogens is 206 g/mol. The molecular formula is C11H13N3S. The number of rotatable bonds is 3. The summed E-state index contributed by atoms with van der Waals surface area (Å²) in [7, 11) is 0. The van der Waals surface area contributed by atoms with Gasteiger partial charge in [0.2, 0.25) is 0 Å². The summed E-state index contributed by atoms with van der Waals surface area (Å²) >= 11 is 1.80. The van der Waals surface area contributed by atoms with Gasteiger partial charge in [0.1, 0.15) is 5.82 Å². The molecule has 2 rings (SSSR count). The predicted octanol–water partition coefficient (Wildman–Crippen LogP) is 2.77. The number of anilines is 1. The van der Waals surface area contributed by atoms with E-state index >= 15 is 0 Å². The van der Waals surface area contributed by atoms with Crippen molar-refractivity contribution in [2.24, 2.45) is 0 Å². The summed E-state index contributed by atoms with van der Waals surface area (Å²) < 4.78 is 0. The third kappa shape index (κ3) is 2.76. The van der Waals surface area contributed by atoms with Crippen LogP contribution in [-0.4, -0.2) is 10.2 Å². The molecule has 0 unspecified atom stereocenters. The highest BCUT2D eigenvalue weighted by Gasteiger charge is 1.97. The molecule has 2 aromatic rings. The van der Waals surface area contributed by atoms with Gasteiger partial charge in [0.05, 0.1) is 12.2 Å². The molecule has 3 nitrogen and oxygen atoms in total. The zero-order valence-electron chi connectivity index (χ0n) is 8.82. The minimum Gasteiger partial charge on any atom is -0.364 e. The van der Waals surface area contributed by atoms with Crippen LogP contribution in [0.15, 0.2) is 24.3 Å². The lowest BCUT2D eigenvalue weighted by atomic mass is 10.4. The maximum atomic E-state index is 4.04. The van der Waals surface area contributed by atoms with E-state index in [2.05, 4.69) is 34.6 Å². The molecule has 15 heavy (non-hydrogen) atoms. The van der Waals surface area contributed by atoms with Gasteiger partial charge in [-0.3, -0.25) is 0 Å². The van der Waals surface area contributed by atoms with Crippen LogP contribution >= 0.6 is 11.3 Å². The number of aryl methyl sites for hydroxylation is 2. The largest absolute Gasteiger partial charge is 0.364 e. The summed E-state index contributed by atoms with van der Waals surface area (Å²) in [5, 5.41) is 11.3. The van der Waals surface area contributed by atoms with Gasteiger partial charge >= 0.3 is 0 Å². The second kappa shape index (κ2) is 4.40. The highest BCUT2D eigenvalue weighted by atomic mass is 32.1. The Kier molecular flexibility index (Phi) is 2.97. The molecule has 4 heteroatoms. The van der Waals surface area contributed by atoms with Crippen LogP contribution in [0.2, 0.25) is 0 Å². The van der Waals surface area contributed by atoms with E-state index in [4.69, 9.17) is 0 Å². The van der Waals surface area contributed by atoms with Crippen LogP contribution < -0.4 is 5.32 Å². The highest BCUT2D eigenvalue weighted by molar-refractivity contribution is 7.11. The third-order valence-electron chi connectivity index (χ3n) is 2.04. The van der Waals surface area contributed by atoms with E-state index in [1.165, 1.54) is 9.75 Å². The normalized spacial score (nSPS) is 10.3. The number of hydrogen-bond acceptors (Lipinski definition) is 4. The minimum atomic E-state index is 0.816. The average Bonchev–Trinajstić information content (AvgIpc) is 2.64. The van der Waals surface area contributed by atoms with Crippen molar-refractivity contribution in [3.05, 3.63) is 39.7 Å². The van der Waals surface area contributed by atoms with Gasteiger partial charge in [-0.15, -0.1) is 16.4 Å². The molecule has 0 saturated heterocycles. The fourth-order valence-corrected chi connectivity index (χ4v) is 2.08. The van der Waals surface area contributed by atoms with Gasteiger partial charge in [0.15, 0.2) is 0 Å². The monoisotopic (exact) mass is 219 g/mol. The minimum absolute atomic E-state index is 0.816. The van der Waals surface area contributed by atoms with Crippen LogP contribution in [0.5, 0.6) is 0 Å². The Balaban J connectivity index is 1.96. The molecule has 1 N–H and O–H groups in total. The number of nitrogens with zero attached hydrogens (tertiary/aromatic N) is 2. The smallest absolute Gasteiger partial charge is 0.148 e. The first kappa shape index (κ1) is 10.1. The molecule has 78 valence electrons. The topological polar surface area (TPSA) is 37.8 Å². The molecule has 0 aromatic carbocycles. The summed E-state index contributed by atoms with van der Waals surface area (Å²) in [4.78, 5) is 2.65. The van der Waals surface area contributed by atoms with E-state index in [1.807, 2.05) is 19.1 Å². The average molecular weight is 219 g/mol. The molecule has 0 atom stereocenters. The SMILES string of the molecule is Cc1ccc(NCc2ccc(C)s2)nn1. The van der Waals surface area contributed by atoms with E-state index in [-0.39, 0.29) is 0 Å². The van der Waals surface area contributed by atoms with Gasteiger partial charge in [0.25, 0.3) is 0 Å². The van der Waals surface area contributed by atoms with E-state index in [0.717, 1.165) is 18.1 Å². The predicted molar refractivity (Wildman–Crippen MR) is 63.2 cm³/mol. The molecule has 0 bridgehead atoms. The van der Waals surface area contributed by atoms with Crippen molar-refractivity contribution in [3.8, 4) is 0 Å². The van der Waals surface area contributed by atoms with Gasteiger partial charge in [0, 0.05) is 9.75 Å². The molecule has 2 aromatic heterocycles. The Morgan fingerprint density at radius 1 is 1.13 bits per heavy atom. The van der Waals surface area contributed by atoms with Crippen molar-refractivity contribution >= 4 is 17.2 Å². The molecule has 0 amide bonds. The summed E-state index contributed by atoms with van der Waals surface area (Å²) in [6.45, 7) is 4.86. The van der Waals surface area contributed by atoms with Crippen molar-refractivity contribution in [1.82, 2.24) is 10.2 Å². The summed E-state index contributed by atoms with van der Waals surface area (Å²) in [6, 6.07) is 8.16. The van der Waals surface area contributed by atoms with Crippen LogP contribution in [0, 0.1) is 13.8 Å². The molecule has 0 aliphatic rings. The van der Waals surface area contributed by atoms with Gasteiger partial charge < -0.3 is 5.32 Å². The zero-order chi connectivity index (χ0) is 10.7. The number of aromatic nitrogens is 2. The van der Waals surface area contributed by atoms with Gasteiger partial charge in [-0.2, -0.15) is 5.10 Å². The van der Waals surface area contributed by atoms with Crippen molar-refractivity contribution in [2.45, 2.75) is 20.4 Å². The molecule has 0 aliphatic carbocycles. The first-order valence-corrected chi connectivity index (χ1v) is 5.65. The Labute approximate surface area is 93.2 Å². The Morgan fingerprint density at radius 2 is 2.00 bits per heavy atom. The van der Waals surface area contributed by atoms with Crippen LogP contribution in [0.1, 0.15) is 15.4 Å². The quantitative estimate of drug-likeness (QED) is 0.862. The van der Waals surface area contributed by atoms with Crippen molar-refractivity contribution in [2.75, 3.05) is 5.32 Å². The fourth-order valence-electron chi connectivity index (χ4n) is 1.25. The molecule has 0 spiro atoms. The first-order valence-electron chi connectivity index (χ1n) is 4.83. The second-order valence-corrected chi connectivity index (χ2v) is 4.80. The van der Waals surface area contributed by atoms with E-state index < -0.39 is 0 Å². The highest BCUT2D eigenvalue weighted by Crippen LogP contribution is 2.16. The lowest BCUT2D eigenvalue weighted by molar-refractivity contribution is 0.966. The maximum Gasteiger partial charge on any atom is 0.148 e. The standard InChI is InChI=1S/C11H13N3S/c1-8-3-6-11(14-13-8)12-7-10-5-4-9(2)15-10/h3-6H,7H2,1-2H3,(H,12,14). The summed E-state index contributed by atoms with van der Waals surface area (Å²) in [5.74, 6) is 0.826.